The summed E-state index contributed by atoms with van der Waals surface area (Å²) in [6.07, 6.45) is 0. The van der Waals surface area contributed by atoms with Gasteiger partial charge >= 0.3 is 0 Å². The molecule has 0 amide bonds. The Balaban J connectivity index is 0.00000264. The lowest BCUT2D eigenvalue weighted by molar-refractivity contribution is 0.409. The van der Waals surface area contributed by atoms with Gasteiger partial charge in [0.2, 0.25) is 0 Å². The number of nitrogens with zero attached hydrogens (tertiary/aromatic N) is 2. The first-order chi connectivity index (χ1) is 10.6. The van der Waals surface area contributed by atoms with Crippen LogP contribution < -0.4 is 15.4 Å². The van der Waals surface area contributed by atoms with Crippen LogP contribution in [0.25, 0.3) is 0 Å². The molecule has 7 heteroatoms. The third kappa shape index (κ3) is 5.65. The Labute approximate surface area is 158 Å². The molecule has 0 atom stereocenters. The summed E-state index contributed by atoms with van der Waals surface area (Å²) in [5.41, 5.74) is 2.19. The molecule has 2 aromatic rings. The topological polar surface area (TPSA) is 58.5 Å². The molecule has 0 aliphatic heterocycles. The zero-order valence-electron chi connectivity index (χ0n) is 13.8. The molecule has 0 radical (unpaired) electrons. The molecule has 0 aliphatic rings. The fourth-order valence-electron chi connectivity index (χ4n) is 2.02. The number of guanidine groups is 1. The van der Waals surface area contributed by atoms with Gasteiger partial charge in [0.1, 0.15) is 10.8 Å². The van der Waals surface area contributed by atoms with Crippen LogP contribution in [0.3, 0.4) is 0 Å². The standard InChI is InChI=1S/C16H22N4OS.HI/c1-11-12(2)22-15(20-11)10-19-16(17-3)18-9-13-7-5-6-8-14(13)21-4;/h5-8H,9-10H2,1-4H3,(H2,17,18,19);1H. The van der Waals surface area contributed by atoms with Gasteiger partial charge in [0.25, 0.3) is 0 Å². The third-order valence-electron chi connectivity index (χ3n) is 3.34. The predicted molar refractivity (Wildman–Crippen MR) is 107 cm³/mol. The molecule has 0 spiro atoms. The number of aromatic nitrogens is 1. The first-order valence-electron chi connectivity index (χ1n) is 7.13. The quantitative estimate of drug-likeness (QED) is 0.421. The molecule has 0 saturated carbocycles. The van der Waals surface area contributed by atoms with Crippen LogP contribution in [0.5, 0.6) is 5.75 Å². The number of thiazole rings is 1. The summed E-state index contributed by atoms with van der Waals surface area (Å²) in [7, 11) is 3.44. The highest BCUT2D eigenvalue weighted by Crippen LogP contribution is 2.17. The Kier molecular flexibility index (Phi) is 8.32. The molecule has 2 N–H and O–H groups in total. The van der Waals surface area contributed by atoms with Gasteiger partial charge in [-0.2, -0.15) is 0 Å². The molecule has 1 aromatic carbocycles. The molecule has 0 bridgehead atoms. The summed E-state index contributed by atoms with van der Waals surface area (Å²) in [4.78, 5) is 10.0. The van der Waals surface area contributed by atoms with Crippen LogP contribution in [0.15, 0.2) is 29.3 Å². The lowest BCUT2D eigenvalue weighted by Gasteiger charge is -2.13. The Morgan fingerprint density at radius 3 is 2.52 bits per heavy atom. The van der Waals surface area contributed by atoms with E-state index in [1.54, 1.807) is 25.5 Å². The lowest BCUT2D eigenvalue weighted by Crippen LogP contribution is -2.36. The number of hydrogen-bond acceptors (Lipinski definition) is 4. The van der Waals surface area contributed by atoms with E-state index in [4.69, 9.17) is 4.74 Å². The molecule has 1 aromatic heterocycles. The number of aliphatic imine (C=N–C) groups is 1. The van der Waals surface area contributed by atoms with Crippen molar-refractivity contribution in [2.45, 2.75) is 26.9 Å². The Morgan fingerprint density at radius 1 is 1.22 bits per heavy atom. The van der Waals surface area contributed by atoms with Gasteiger partial charge < -0.3 is 15.4 Å². The molecule has 126 valence electrons. The van der Waals surface area contributed by atoms with Crippen LogP contribution in [-0.2, 0) is 13.1 Å². The molecule has 1 heterocycles. The van der Waals surface area contributed by atoms with Crippen molar-refractivity contribution in [1.82, 2.24) is 15.6 Å². The van der Waals surface area contributed by atoms with E-state index >= 15 is 0 Å². The number of halogens is 1. The average Bonchev–Trinajstić information content (AvgIpc) is 2.86. The van der Waals surface area contributed by atoms with Gasteiger partial charge in [-0.3, -0.25) is 4.99 Å². The summed E-state index contributed by atoms with van der Waals surface area (Å²) in [6, 6.07) is 7.94. The second-order valence-electron chi connectivity index (χ2n) is 4.84. The fourth-order valence-corrected chi connectivity index (χ4v) is 2.90. The van der Waals surface area contributed by atoms with Crippen molar-refractivity contribution in [3.8, 4) is 5.75 Å². The van der Waals surface area contributed by atoms with Gasteiger partial charge in [0.05, 0.1) is 19.3 Å². The highest BCUT2D eigenvalue weighted by molar-refractivity contribution is 14.0. The molecular weight excluding hydrogens is 423 g/mol. The summed E-state index contributed by atoms with van der Waals surface area (Å²) in [5.74, 6) is 1.62. The van der Waals surface area contributed by atoms with Gasteiger partial charge in [-0.15, -0.1) is 35.3 Å². The number of nitrogens with one attached hydrogen (secondary N) is 2. The predicted octanol–water partition coefficient (Wildman–Crippen LogP) is 3.25. The van der Waals surface area contributed by atoms with Crippen molar-refractivity contribution in [1.29, 1.82) is 0 Å². The van der Waals surface area contributed by atoms with Crippen molar-refractivity contribution in [3.05, 3.63) is 45.4 Å². The maximum absolute atomic E-state index is 5.35. The number of hydrogen-bond donors (Lipinski definition) is 2. The first-order valence-corrected chi connectivity index (χ1v) is 7.95. The highest BCUT2D eigenvalue weighted by atomic mass is 127. The molecule has 0 saturated heterocycles. The van der Waals surface area contributed by atoms with E-state index in [1.165, 1.54) is 4.88 Å². The monoisotopic (exact) mass is 446 g/mol. The minimum Gasteiger partial charge on any atom is -0.496 e. The normalized spacial score (nSPS) is 10.9. The Morgan fingerprint density at radius 2 is 1.91 bits per heavy atom. The third-order valence-corrected chi connectivity index (χ3v) is 4.42. The molecule has 0 aliphatic carbocycles. The molecule has 5 nitrogen and oxygen atoms in total. The number of aryl methyl sites for hydroxylation is 2. The largest absolute Gasteiger partial charge is 0.496 e. The highest BCUT2D eigenvalue weighted by Gasteiger charge is 2.06. The van der Waals surface area contributed by atoms with E-state index in [0.29, 0.717) is 13.1 Å². The summed E-state index contributed by atoms with van der Waals surface area (Å²) >= 11 is 1.71. The minimum absolute atomic E-state index is 0. The van der Waals surface area contributed by atoms with Crippen LogP contribution in [0, 0.1) is 13.8 Å². The van der Waals surface area contributed by atoms with Crippen molar-refractivity contribution in [2.75, 3.05) is 14.2 Å². The Bertz CT molecular complexity index is 638. The van der Waals surface area contributed by atoms with Crippen molar-refractivity contribution >= 4 is 41.3 Å². The minimum atomic E-state index is 0. The summed E-state index contributed by atoms with van der Waals surface area (Å²) in [5, 5.41) is 7.63. The van der Waals surface area contributed by atoms with Gasteiger partial charge in [-0.05, 0) is 19.9 Å². The van der Waals surface area contributed by atoms with E-state index in [9.17, 15) is 0 Å². The van der Waals surface area contributed by atoms with Crippen LogP contribution in [-0.4, -0.2) is 25.1 Å². The summed E-state index contributed by atoms with van der Waals surface area (Å²) < 4.78 is 5.35. The van der Waals surface area contributed by atoms with Crippen LogP contribution in [0.2, 0.25) is 0 Å². The Hall–Kier alpha value is -1.35. The maximum Gasteiger partial charge on any atom is 0.191 e. The molecule has 0 unspecified atom stereocenters. The number of methoxy groups -OCH3 is 1. The van der Waals surface area contributed by atoms with Crippen LogP contribution in [0.4, 0.5) is 0 Å². The van der Waals surface area contributed by atoms with Crippen LogP contribution >= 0.6 is 35.3 Å². The fraction of sp³-hybridized carbons (Fsp3) is 0.375. The average molecular weight is 446 g/mol. The van der Waals surface area contributed by atoms with E-state index < -0.39 is 0 Å². The molecular formula is C16H23IN4OS. The lowest BCUT2D eigenvalue weighted by atomic mass is 10.2. The number of para-hydroxylation sites is 1. The molecule has 2 rings (SSSR count). The first kappa shape index (κ1) is 19.7. The number of ether oxygens (including phenoxy) is 1. The van der Waals surface area contributed by atoms with Gasteiger partial charge in [-0.25, -0.2) is 4.98 Å². The van der Waals surface area contributed by atoms with Crippen molar-refractivity contribution in [2.24, 2.45) is 4.99 Å². The molecule has 0 fully saturated rings. The van der Waals surface area contributed by atoms with Gasteiger partial charge in [-0.1, -0.05) is 18.2 Å². The van der Waals surface area contributed by atoms with E-state index in [-0.39, 0.29) is 24.0 Å². The van der Waals surface area contributed by atoms with E-state index in [0.717, 1.165) is 28.0 Å². The zero-order valence-corrected chi connectivity index (χ0v) is 17.0. The van der Waals surface area contributed by atoms with E-state index in [2.05, 4.69) is 27.5 Å². The maximum atomic E-state index is 5.35. The number of rotatable bonds is 5. The zero-order chi connectivity index (χ0) is 15.9. The van der Waals surface area contributed by atoms with E-state index in [1.807, 2.05) is 31.2 Å². The van der Waals surface area contributed by atoms with Crippen LogP contribution in [0.1, 0.15) is 21.1 Å². The van der Waals surface area contributed by atoms with Crippen molar-refractivity contribution < 1.29 is 4.74 Å². The van der Waals surface area contributed by atoms with Gasteiger partial charge in [0, 0.05) is 24.0 Å². The second kappa shape index (κ2) is 9.71. The number of benzene rings is 1. The van der Waals surface area contributed by atoms with Crippen molar-refractivity contribution in [3.63, 3.8) is 0 Å². The second-order valence-corrected chi connectivity index (χ2v) is 6.13. The molecule has 23 heavy (non-hydrogen) atoms. The van der Waals surface area contributed by atoms with Gasteiger partial charge in [0.15, 0.2) is 5.96 Å². The summed E-state index contributed by atoms with van der Waals surface area (Å²) in [6.45, 7) is 5.44. The smallest absolute Gasteiger partial charge is 0.191 e. The SMILES string of the molecule is CN=C(NCc1nc(C)c(C)s1)NCc1ccccc1OC.I.